The zero-order valence-corrected chi connectivity index (χ0v) is 18.0. The van der Waals surface area contributed by atoms with Crippen LogP contribution >= 0.6 is 0 Å². The molecule has 0 saturated heterocycles. The van der Waals surface area contributed by atoms with Crippen molar-refractivity contribution in [2.75, 3.05) is 6.54 Å². The lowest BCUT2D eigenvalue weighted by Crippen LogP contribution is -2.49. The van der Waals surface area contributed by atoms with Gasteiger partial charge in [-0.05, 0) is 45.4 Å². The number of ether oxygens (including phenoxy) is 1. The highest BCUT2D eigenvalue weighted by molar-refractivity contribution is 7.92. The Hall–Kier alpha value is -2.38. The van der Waals surface area contributed by atoms with Crippen LogP contribution in [0, 0.1) is 6.92 Å². The third kappa shape index (κ3) is 4.16. The Balaban J connectivity index is 2.02. The Morgan fingerprint density at radius 2 is 1.69 bits per heavy atom. The number of carbonyl (C=O) groups is 1. The Bertz CT molecular complexity index is 982. The van der Waals surface area contributed by atoms with Gasteiger partial charge >= 0.3 is 6.09 Å². The molecular weight excluding hydrogens is 388 g/mol. The molecule has 3 atom stereocenters. The molecule has 0 unspecified atom stereocenters. The maximum absolute atomic E-state index is 13.5. The van der Waals surface area contributed by atoms with Crippen LogP contribution in [0.3, 0.4) is 0 Å². The largest absolute Gasteiger partial charge is 0.444 e. The zero-order chi connectivity index (χ0) is 21.4. The molecule has 0 aromatic heterocycles. The number of rotatable bonds is 5. The summed E-state index contributed by atoms with van der Waals surface area (Å²) in [6, 6.07) is 16.0. The molecule has 1 aliphatic carbocycles. The highest BCUT2D eigenvalue weighted by Crippen LogP contribution is 2.56. The van der Waals surface area contributed by atoms with Crippen molar-refractivity contribution in [3.05, 3.63) is 65.7 Å². The van der Waals surface area contributed by atoms with E-state index >= 15 is 0 Å². The number of nitrogens with one attached hydrogen (secondary N) is 1. The van der Waals surface area contributed by atoms with Crippen LogP contribution in [0.1, 0.15) is 37.8 Å². The van der Waals surface area contributed by atoms with E-state index in [0.717, 1.165) is 11.1 Å². The fourth-order valence-electron chi connectivity index (χ4n) is 3.80. The molecule has 3 N–H and O–H groups in total. The van der Waals surface area contributed by atoms with Gasteiger partial charge in [0.1, 0.15) is 10.9 Å². The fraction of sp³-hybridized carbons (Fsp3) is 0.409. The minimum Gasteiger partial charge on any atom is -0.444 e. The lowest BCUT2D eigenvalue weighted by molar-refractivity contribution is 0.0497. The number of amides is 1. The monoisotopic (exact) mass is 416 g/mol. The fourth-order valence-corrected chi connectivity index (χ4v) is 6.15. The Kier molecular flexibility index (Phi) is 5.49. The molecule has 1 aliphatic rings. The van der Waals surface area contributed by atoms with Gasteiger partial charge < -0.3 is 15.8 Å². The van der Waals surface area contributed by atoms with Crippen molar-refractivity contribution in [1.29, 1.82) is 0 Å². The van der Waals surface area contributed by atoms with Crippen molar-refractivity contribution in [3.63, 3.8) is 0 Å². The molecule has 0 spiro atoms. The SMILES string of the molecule is Cc1ccc(S(=O)(=O)[C@H]2[C@H](c3ccccc3)[C@@]2(CN)NC(=O)OC(C)(C)C)cc1. The van der Waals surface area contributed by atoms with Gasteiger partial charge in [-0.2, -0.15) is 0 Å². The van der Waals surface area contributed by atoms with E-state index in [0.29, 0.717) is 0 Å². The van der Waals surface area contributed by atoms with E-state index in [1.54, 1.807) is 45.0 Å². The lowest BCUT2D eigenvalue weighted by atomic mass is 10.1. The van der Waals surface area contributed by atoms with E-state index in [1.807, 2.05) is 37.3 Å². The average Bonchev–Trinajstić information content (AvgIpc) is 3.30. The summed E-state index contributed by atoms with van der Waals surface area (Å²) >= 11 is 0. The van der Waals surface area contributed by atoms with Crippen LogP contribution in [0.2, 0.25) is 0 Å². The van der Waals surface area contributed by atoms with Gasteiger partial charge in [-0.25, -0.2) is 13.2 Å². The molecule has 2 aromatic carbocycles. The Morgan fingerprint density at radius 1 is 1.10 bits per heavy atom. The van der Waals surface area contributed by atoms with Crippen LogP contribution < -0.4 is 11.1 Å². The molecule has 7 heteroatoms. The van der Waals surface area contributed by atoms with Gasteiger partial charge in [0, 0.05) is 12.5 Å². The minimum absolute atomic E-state index is 0.0262. The van der Waals surface area contributed by atoms with Gasteiger partial charge in [0.2, 0.25) is 0 Å². The number of hydrogen-bond donors (Lipinski definition) is 2. The van der Waals surface area contributed by atoms with E-state index in [4.69, 9.17) is 10.5 Å². The summed E-state index contributed by atoms with van der Waals surface area (Å²) in [6.07, 6.45) is -0.675. The van der Waals surface area contributed by atoms with Crippen LogP contribution in [0.25, 0.3) is 0 Å². The molecule has 1 amide bonds. The number of sulfone groups is 1. The summed E-state index contributed by atoms with van der Waals surface area (Å²) in [6.45, 7) is 7.13. The summed E-state index contributed by atoms with van der Waals surface area (Å²) < 4.78 is 32.3. The average molecular weight is 417 g/mol. The molecule has 29 heavy (non-hydrogen) atoms. The van der Waals surface area contributed by atoms with Crippen LogP contribution in [0.5, 0.6) is 0 Å². The molecule has 3 rings (SSSR count). The number of aryl methyl sites for hydroxylation is 1. The quantitative estimate of drug-likeness (QED) is 0.780. The summed E-state index contributed by atoms with van der Waals surface area (Å²) in [5.74, 6) is -0.465. The standard InChI is InChI=1S/C22H28N2O4S/c1-15-10-12-17(13-11-15)29(26,27)19-18(16-8-6-5-7-9-16)22(19,14-23)24-20(25)28-21(2,3)4/h5-13,18-19H,14,23H2,1-4H3,(H,24,25)/t18-,19-,22+/m0/s1. The number of hydrogen-bond acceptors (Lipinski definition) is 5. The molecule has 0 bridgehead atoms. The second-order valence-corrected chi connectivity index (χ2v) is 10.6. The van der Waals surface area contributed by atoms with Crippen LogP contribution in [0.4, 0.5) is 4.79 Å². The highest BCUT2D eigenvalue weighted by Gasteiger charge is 2.71. The summed E-state index contributed by atoms with van der Waals surface area (Å²) in [7, 11) is -3.74. The maximum atomic E-state index is 13.5. The number of alkyl carbamates (subject to hydrolysis) is 1. The van der Waals surface area contributed by atoms with E-state index in [9.17, 15) is 13.2 Å². The minimum atomic E-state index is -3.74. The molecule has 2 aromatic rings. The predicted octanol–water partition coefficient (Wildman–Crippen LogP) is 3.16. The van der Waals surface area contributed by atoms with Crippen molar-refractivity contribution in [1.82, 2.24) is 5.32 Å². The molecule has 1 fully saturated rings. The van der Waals surface area contributed by atoms with Crippen molar-refractivity contribution in [3.8, 4) is 0 Å². The lowest BCUT2D eigenvalue weighted by Gasteiger charge is -2.24. The van der Waals surface area contributed by atoms with Gasteiger partial charge in [-0.1, -0.05) is 48.0 Å². The van der Waals surface area contributed by atoms with E-state index in [1.165, 1.54) is 0 Å². The first kappa shape index (κ1) is 21.3. The highest BCUT2D eigenvalue weighted by atomic mass is 32.2. The van der Waals surface area contributed by atoms with Gasteiger partial charge in [0.05, 0.1) is 10.4 Å². The summed E-state index contributed by atoms with van der Waals surface area (Å²) in [5.41, 5.74) is 6.01. The topological polar surface area (TPSA) is 98.5 Å². The van der Waals surface area contributed by atoms with Crippen LogP contribution in [0.15, 0.2) is 59.5 Å². The third-order valence-corrected chi connectivity index (χ3v) is 7.46. The normalized spacial score (nSPS) is 24.0. The number of benzene rings is 2. The smallest absolute Gasteiger partial charge is 0.408 e. The van der Waals surface area contributed by atoms with Crippen molar-refractivity contribution in [2.24, 2.45) is 5.73 Å². The summed E-state index contributed by atoms with van der Waals surface area (Å²) in [5, 5.41) is 1.92. The van der Waals surface area contributed by atoms with E-state index in [2.05, 4.69) is 5.32 Å². The molecular formula is C22H28N2O4S. The van der Waals surface area contributed by atoms with Crippen molar-refractivity contribution < 1.29 is 17.9 Å². The molecule has 0 aliphatic heterocycles. The van der Waals surface area contributed by atoms with Crippen molar-refractivity contribution >= 4 is 15.9 Å². The second-order valence-electron chi connectivity index (χ2n) is 8.54. The molecule has 6 nitrogen and oxygen atoms in total. The zero-order valence-electron chi connectivity index (χ0n) is 17.2. The number of carbonyl (C=O) groups excluding carboxylic acids is 1. The number of nitrogens with two attached hydrogens (primary N) is 1. The molecule has 0 radical (unpaired) electrons. The molecule has 1 saturated carbocycles. The second kappa shape index (κ2) is 7.46. The Labute approximate surface area is 172 Å². The first-order chi connectivity index (χ1) is 13.5. The van der Waals surface area contributed by atoms with Crippen LogP contribution in [-0.2, 0) is 14.6 Å². The van der Waals surface area contributed by atoms with Gasteiger partial charge in [-0.15, -0.1) is 0 Å². The van der Waals surface area contributed by atoms with Crippen LogP contribution in [-0.4, -0.2) is 37.4 Å². The van der Waals surface area contributed by atoms with E-state index in [-0.39, 0.29) is 11.4 Å². The summed E-state index contributed by atoms with van der Waals surface area (Å²) in [4.78, 5) is 12.7. The Morgan fingerprint density at radius 3 is 2.21 bits per heavy atom. The first-order valence-corrected chi connectivity index (χ1v) is 11.1. The maximum Gasteiger partial charge on any atom is 0.408 e. The van der Waals surface area contributed by atoms with E-state index < -0.39 is 38.2 Å². The van der Waals surface area contributed by atoms with Gasteiger partial charge in [0.25, 0.3) is 0 Å². The molecule has 0 heterocycles. The third-order valence-electron chi connectivity index (χ3n) is 5.17. The first-order valence-electron chi connectivity index (χ1n) is 9.58. The van der Waals surface area contributed by atoms with Gasteiger partial charge in [-0.3, -0.25) is 0 Å². The predicted molar refractivity (Wildman–Crippen MR) is 112 cm³/mol. The van der Waals surface area contributed by atoms with Gasteiger partial charge in [0.15, 0.2) is 9.84 Å². The van der Waals surface area contributed by atoms with Crippen molar-refractivity contribution in [2.45, 2.75) is 54.9 Å². The molecule has 156 valence electrons.